The predicted octanol–water partition coefficient (Wildman–Crippen LogP) is 2.32. The van der Waals surface area contributed by atoms with E-state index in [0.717, 1.165) is 5.69 Å². The van der Waals surface area contributed by atoms with Crippen LogP contribution in [0, 0.1) is 6.92 Å². The smallest absolute Gasteiger partial charge is 0.117 e. The number of anilines is 1. The summed E-state index contributed by atoms with van der Waals surface area (Å²) >= 11 is 0. The van der Waals surface area contributed by atoms with Crippen molar-refractivity contribution in [1.29, 1.82) is 0 Å². The van der Waals surface area contributed by atoms with Gasteiger partial charge < -0.3 is 14.7 Å². The van der Waals surface area contributed by atoms with Crippen LogP contribution in [0.1, 0.15) is 5.56 Å². The van der Waals surface area contributed by atoms with Crippen molar-refractivity contribution in [2.45, 2.75) is 6.92 Å². The number of imidazole rings is 1. The van der Waals surface area contributed by atoms with Crippen molar-refractivity contribution in [1.82, 2.24) is 8.97 Å². The van der Waals surface area contributed by atoms with Gasteiger partial charge in [-0.2, -0.15) is 0 Å². The van der Waals surface area contributed by atoms with Crippen molar-refractivity contribution in [2.75, 3.05) is 5.73 Å². The third kappa shape index (κ3) is 1.00. The molecular weight excluding hydrogens is 186 g/mol. The monoisotopic (exact) mass is 199 g/mol. The molecule has 0 saturated carbocycles. The average Bonchev–Trinajstić information content (AvgIpc) is 2.67. The van der Waals surface area contributed by atoms with Gasteiger partial charge in [0.25, 0.3) is 0 Å². The average molecular weight is 199 g/mol. The van der Waals surface area contributed by atoms with Crippen LogP contribution in [0.25, 0.3) is 16.7 Å². The van der Waals surface area contributed by atoms with Gasteiger partial charge >= 0.3 is 0 Å². The first-order chi connectivity index (χ1) is 7.16. The summed E-state index contributed by atoms with van der Waals surface area (Å²) in [4.78, 5) is 0. The predicted molar refractivity (Wildman–Crippen MR) is 63.0 cm³/mol. The molecule has 76 valence electrons. The zero-order chi connectivity index (χ0) is 10.6. The van der Waals surface area contributed by atoms with E-state index in [1.54, 1.807) is 0 Å². The SMILES string of the molecule is Cc1cc2n(C)c3ccc(N)cc3n2c1. The van der Waals surface area contributed by atoms with E-state index in [4.69, 9.17) is 5.73 Å². The molecule has 0 unspecified atom stereocenters. The van der Waals surface area contributed by atoms with Crippen molar-refractivity contribution >= 4 is 22.4 Å². The zero-order valence-electron chi connectivity index (χ0n) is 8.86. The van der Waals surface area contributed by atoms with E-state index in [2.05, 4.69) is 41.3 Å². The summed E-state index contributed by atoms with van der Waals surface area (Å²) in [7, 11) is 2.08. The van der Waals surface area contributed by atoms with Gasteiger partial charge in [-0.25, -0.2) is 0 Å². The van der Waals surface area contributed by atoms with Crippen LogP contribution in [0.4, 0.5) is 5.69 Å². The Kier molecular flexibility index (Phi) is 1.44. The number of aromatic nitrogens is 2. The molecule has 1 aromatic carbocycles. The third-order valence-electron chi connectivity index (χ3n) is 2.90. The number of fused-ring (bicyclic) bond motifs is 3. The molecule has 0 spiro atoms. The lowest BCUT2D eigenvalue weighted by atomic mass is 10.3. The fourth-order valence-corrected chi connectivity index (χ4v) is 2.17. The molecule has 3 aromatic rings. The molecule has 3 heteroatoms. The second-order valence-corrected chi connectivity index (χ2v) is 4.05. The van der Waals surface area contributed by atoms with Crippen LogP contribution in [0.5, 0.6) is 0 Å². The Hall–Kier alpha value is -1.90. The van der Waals surface area contributed by atoms with Crippen molar-refractivity contribution < 1.29 is 0 Å². The maximum atomic E-state index is 5.81. The molecule has 0 aliphatic carbocycles. The fraction of sp³-hybridized carbons (Fsp3) is 0.167. The lowest BCUT2D eigenvalue weighted by molar-refractivity contribution is 0.994. The molecule has 3 nitrogen and oxygen atoms in total. The quantitative estimate of drug-likeness (QED) is 0.554. The lowest BCUT2D eigenvalue weighted by Crippen LogP contribution is -1.87. The first-order valence-electron chi connectivity index (χ1n) is 4.99. The van der Waals surface area contributed by atoms with E-state index < -0.39 is 0 Å². The van der Waals surface area contributed by atoms with E-state index in [1.165, 1.54) is 22.2 Å². The summed E-state index contributed by atoms with van der Waals surface area (Å²) < 4.78 is 4.36. The van der Waals surface area contributed by atoms with E-state index in [1.807, 2.05) is 12.1 Å². The molecule has 0 radical (unpaired) electrons. The molecule has 0 aliphatic heterocycles. The van der Waals surface area contributed by atoms with Gasteiger partial charge in [-0.05, 0) is 36.8 Å². The molecule has 0 atom stereocenters. The lowest BCUT2D eigenvalue weighted by Gasteiger charge is -1.96. The van der Waals surface area contributed by atoms with Crippen LogP contribution < -0.4 is 5.73 Å². The number of aryl methyl sites for hydroxylation is 2. The van der Waals surface area contributed by atoms with Crippen molar-refractivity contribution in [3.63, 3.8) is 0 Å². The second-order valence-electron chi connectivity index (χ2n) is 4.05. The van der Waals surface area contributed by atoms with Crippen LogP contribution in [0.3, 0.4) is 0 Å². The summed E-state index contributed by atoms with van der Waals surface area (Å²) in [6, 6.07) is 8.19. The number of nitrogen functional groups attached to an aromatic ring is 1. The van der Waals surface area contributed by atoms with Crippen LogP contribution in [0.2, 0.25) is 0 Å². The highest BCUT2D eigenvalue weighted by atomic mass is 15.1. The van der Waals surface area contributed by atoms with Gasteiger partial charge in [0.05, 0.1) is 11.0 Å². The largest absolute Gasteiger partial charge is 0.399 e. The Balaban J connectivity index is 2.60. The molecular formula is C12H13N3. The van der Waals surface area contributed by atoms with Crippen LogP contribution in [0.15, 0.2) is 30.5 Å². The number of hydrogen-bond donors (Lipinski definition) is 1. The summed E-state index contributed by atoms with van der Waals surface area (Å²) in [5.41, 5.74) is 11.5. The van der Waals surface area contributed by atoms with Gasteiger partial charge in [0, 0.05) is 18.9 Å². The fourth-order valence-electron chi connectivity index (χ4n) is 2.17. The standard InChI is InChI=1S/C12H13N3/c1-8-5-12-14(2)10-4-3-9(13)6-11(10)15(12)7-8/h3-7H,13H2,1-2H3. The minimum absolute atomic E-state index is 0.807. The molecule has 0 amide bonds. The molecule has 0 fully saturated rings. The van der Waals surface area contributed by atoms with Gasteiger partial charge in [0.2, 0.25) is 0 Å². The number of rotatable bonds is 0. The van der Waals surface area contributed by atoms with Gasteiger partial charge in [-0.3, -0.25) is 0 Å². The van der Waals surface area contributed by atoms with E-state index in [0.29, 0.717) is 0 Å². The highest BCUT2D eigenvalue weighted by Gasteiger charge is 2.08. The number of nitrogens with two attached hydrogens (primary N) is 1. The summed E-state index contributed by atoms with van der Waals surface area (Å²) in [5.74, 6) is 0. The van der Waals surface area contributed by atoms with Gasteiger partial charge in [0.15, 0.2) is 0 Å². The van der Waals surface area contributed by atoms with Crippen LogP contribution in [-0.2, 0) is 7.05 Å². The zero-order valence-corrected chi connectivity index (χ0v) is 8.86. The number of benzene rings is 1. The maximum absolute atomic E-state index is 5.81. The van der Waals surface area contributed by atoms with Crippen molar-refractivity contribution in [3.8, 4) is 0 Å². The summed E-state index contributed by atoms with van der Waals surface area (Å²) in [6.07, 6.45) is 2.14. The highest BCUT2D eigenvalue weighted by molar-refractivity contribution is 5.84. The first kappa shape index (κ1) is 8.41. The molecule has 0 aliphatic rings. The minimum atomic E-state index is 0.807. The second kappa shape index (κ2) is 2.57. The highest BCUT2D eigenvalue weighted by Crippen LogP contribution is 2.23. The molecule has 15 heavy (non-hydrogen) atoms. The first-order valence-corrected chi connectivity index (χ1v) is 4.99. The van der Waals surface area contributed by atoms with Gasteiger partial charge in [-0.15, -0.1) is 0 Å². The van der Waals surface area contributed by atoms with Crippen molar-refractivity contribution in [2.24, 2.45) is 7.05 Å². The molecule has 2 aromatic heterocycles. The molecule has 2 heterocycles. The van der Waals surface area contributed by atoms with E-state index in [-0.39, 0.29) is 0 Å². The van der Waals surface area contributed by atoms with Crippen LogP contribution in [-0.4, -0.2) is 8.97 Å². The number of nitrogens with zero attached hydrogens (tertiary/aromatic N) is 2. The third-order valence-corrected chi connectivity index (χ3v) is 2.90. The Labute approximate surface area is 87.7 Å². The van der Waals surface area contributed by atoms with Gasteiger partial charge in [0.1, 0.15) is 5.65 Å². The van der Waals surface area contributed by atoms with Gasteiger partial charge in [-0.1, -0.05) is 0 Å². The van der Waals surface area contributed by atoms with E-state index >= 15 is 0 Å². The molecule has 2 N–H and O–H groups in total. The van der Waals surface area contributed by atoms with Crippen LogP contribution >= 0.6 is 0 Å². The Bertz CT molecular complexity index is 658. The normalized spacial score (nSPS) is 11.6. The summed E-state index contributed by atoms with van der Waals surface area (Å²) in [5, 5.41) is 0. The molecule has 0 bridgehead atoms. The maximum Gasteiger partial charge on any atom is 0.117 e. The Morgan fingerprint density at radius 1 is 1.13 bits per heavy atom. The molecule has 0 saturated heterocycles. The Morgan fingerprint density at radius 2 is 1.93 bits per heavy atom. The molecule has 3 rings (SSSR count). The Morgan fingerprint density at radius 3 is 2.73 bits per heavy atom. The summed E-state index contributed by atoms with van der Waals surface area (Å²) in [6.45, 7) is 2.10. The minimum Gasteiger partial charge on any atom is -0.399 e. The number of hydrogen-bond acceptors (Lipinski definition) is 1. The van der Waals surface area contributed by atoms with Crippen molar-refractivity contribution in [3.05, 3.63) is 36.0 Å². The topological polar surface area (TPSA) is 35.4 Å². The van der Waals surface area contributed by atoms with E-state index in [9.17, 15) is 0 Å².